The van der Waals surface area contributed by atoms with E-state index in [1.165, 1.54) is 4.67 Å². The zero-order chi connectivity index (χ0) is 26.0. The van der Waals surface area contributed by atoms with Crippen molar-refractivity contribution in [3.05, 3.63) is 151 Å². The summed E-state index contributed by atoms with van der Waals surface area (Å²) in [5.74, 6) is -0.138. The first-order valence-electron chi connectivity index (χ1n) is 12.2. The van der Waals surface area contributed by atoms with E-state index in [4.69, 9.17) is 9.04 Å². The van der Waals surface area contributed by atoms with Gasteiger partial charge in [0.05, 0.1) is 18.3 Å². The van der Waals surface area contributed by atoms with Gasteiger partial charge in [-0.05, 0) is 24.3 Å². The lowest BCUT2D eigenvalue weighted by Gasteiger charge is -2.36. The van der Waals surface area contributed by atoms with Crippen molar-refractivity contribution < 1.29 is 13.9 Å². The summed E-state index contributed by atoms with van der Waals surface area (Å²) in [6.07, 6.45) is 0. The van der Waals surface area contributed by atoms with Crippen LogP contribution in [-0.2, 0) is 4.57 Å². The number of hydrogen-bond acceptors (Lipinski definition) is 3. The molecule has 0 saturated heterocycles. The van der Waals surface area contributed by atoms with Crippen molar-refractivity contribution in [2.75, 3.05) is 4.67 Å². The van der Waals surface area contributed by atoms with Crippen LogP contribution in [0.1, 0.15) is 10.4 Å². The van der Waals surface area contributed by atoms with Crippen molar-refractivity contribution >= 4 is 42.2 Å². The molecule has 1 aliphatic rings. The van der Waals surface area contributed by atoms with Gasteiger partial charge in [0.1, 0.15) is 5.75 Å². The molecule has 0 aliphatic carbocycles. The fourth-order valence-corrected chi connectivity index (χ4v) is 11.7. The summed E-state index contributed by atoms with van der Waals surface area (Å²) in [4.78, 5) is 14.0. The lowest BCUT2D eigenvalue weighted by Crippen LogP contribution is -2.34. The van der Waals surface area contributed by atoms with E-state index < -0.39 is 20.6 Å². The van der Waals surface area contributed by atoms with Crippen LogP contribution in [0.3, 0.4) is 0 Å². The third kappa shape index (κ3) is 4.11. The number of carbonyl (C=O) groups is 1. The highest BCUT2D eigenvalue weighted by Crippen LogP contribution is 2.65. The summed E-state index contributed by atoms with van der Waals surface area (Å²) < 4.78 is 28.0. The van der Waals surface area contributed by atoms with Crippen LogP contribution in [0.25, 0.3) is 0 Å². The van der Waals surface area contributed by atoms with E-state index in [0.29, 0.717) is 11.3 Å². The summed E-state index contributed by atoms with van der Waals surface area (Å²) in [5.41, 5.74) is 0.812. The maximum atomic E-state index is 15.2. The Labute approximate surface area is 222 Å². The second-order valence-corrected chi connectivity index (χ2v) is 13.9. The van der Waals surface area contributed by atoms with Gasteiger partial charge in [-0.2, -0.15) is 4.52 Å². The van der Waals surface area contributed by atoms with Crippen LogP contribution >= 0.6 is 14.7 Å². The molecular formula is C31H24N2O3P2. The van der Waals surface area contributed by atoms with Crippen LogP contribution in [-0.4, -0.2) is 5.91 Å². The Balaban J connectivity index is 1.74. The van der Waals surface area contributed by atoms with Crippen LogP contribution < -0.4 is 25.1 Å². The molecule has 38 heavy (non-hydrogen) atoms. The Morgan fingerprint density at radius 1 is 0.579 bits per heavy atom. The number of rotatable bonds is 5. The van der Waals surface area contributed by atoms with E-state index in [2.05, 4.69) is 0 Å². The molecule has 0 bridgehead atoms. The van der Waals surface area contributed by atoms with Crippen molar-refractivity contribution in [1.29, 1.82) is 0 Å². The monoisotopic (exact) mass is 534 g/mol. The summed E-state index contributed by atoms with van der Waals surface area (Å²) in [7, 11) is -7.13. The number of amides is 1. The fraction of sp³-hybridized carbons (Fsp3) is 0. The van der Waals surface area contributed by atoms with Gasteiger partial charge in [-0.3, -0.25) is 4.79 Å². The maximum Gasteiger partial charge on any atom is 0.474 e. The SMILES string of the molecule is O=C1c2ccccc2O[P@](=O)(N=P(c2ccccc2)(c2ccccc2)c2ccccc2)N1c1ccccc1. The Bertz CT molecular complexity index is 1590. The van der Waals surface area contributed by atoms with Gasteiger partial charge < -0.3 is 4.52 Å². The Morgan fingerprint density at radius 3 is 1.50 bits per heavy atom. The number of para-hydroxylation sites is 2. The minimum absolute atomic E-state index is 0.268. The Morgan fingerprint density at radius 2 is 1.00 bits per heavy atom. The highest BCUT2D eigenvalue weighted by Gasteiger charge is 2.47. The molecule has 5 nitrogen and oxygen atoms in total. The molecular weight excluding hydrogens is 510 g/mol. The number of nitrogens with zero attached hydrogens (tertiary/aromatic N) is 2. The minimum atomic E-state index is -4.19. The van der Waals surface area contributed by atoms with Crippen LogP contribution in [0.15, 0.2) is 150 Å². The molecule has 1 atom stereocenters. The third-order valence-electron chi connectivity index (χ3n) is 6.42. The lowest BCUT2D eigenvalue weighted by molar-refractivity contribution is 0.0995. The van der Waals surface area contributed by atoms with Gasteiger partial charge in [0, 0.05) is 15.9 Å². The predicted molar refractivity (Wildman–Crippen MR) is 156 cm³/mol. The summed E-state index contributed by atoms with van der Waals surface area (Å²) >= 11 is 0. The van der Waals surface area contributed by atoms with Gasteiger partial charge >= 0.3 is 7.67 Å². The molecule has 0 fully saturated rings. The van der Waals surface area contributed by atoms with E-state index in [9.17, 15) is 4.79 Å². The molecule has 0 aromatic heterocycles. The highest BCUT2D eigenvalue weighted by molar-refractivity contribution is 7.91. The average molecular weight is 534 g/mol. The normalized spacial score (nSPS) is 16.8. The molecule has 1 heterocycles. The lowest BCUT2D eigenvalue weighted by atomic mass is 10.2. The van der Waals surface area contributed by atoms with Crippen molar-refractivity contribution in [1.82, 2.24) is 0 Å². The molecule has 1 amide bonds. The highest BCUT2D eigenvalue weighted by atomic mass is 31.2. The Hall–Kier alpha value is -4.17. The van der Waals surface area contributed by atoms with Crippen molar-refractivity contribution in [3.63, 3.8) is 0 Å². The molecule has 5 aromatic rings. The molecule has 0 saturated carbocycles. The molecule has 7 heteroatoms. The maximum absolute atomic E-state index is 15.2. The standard InChI is InChI=1S/C31H24N2O3P2/c34-31-29-23-13-14-24-30(29)36-38(35,33(31)25-15-5-1-6-16-25)32-37(26-17-7-2-8-18-26,27-19-9-3-10-20-27)28-21-11-4-12-22-28/h1-24H/t38-/m1/s1. The number of anilines is 1. The zero-order valence-corrected chi connectivity index (χ0v) is 22.2. The van der Waals surface area contributed by atoms with Crippen molar-refractivity contribution in [2.24, 2.45) is 4.52 Å². The minimum Gasteiger partial charge on any atom is -0.412 e. The van der Waals surface area contributed by atoms with E-state index in [1.807, 2.05) is 97.1 Å². The van der Waals surface area contributed by atoms with Gasteiger partial charge in [-0.15, -0.1) is 0 Å². The predicted octanol–water partition coefficient (Wildman–Crippen LogP) is 7.01. The third-order valence-corrected chi connectivity index (χ3v) is 12.9. The van der Waals surface area contributed by atoms with E-state index >= 15 is 4.57 Å². The molecule has 0 unspecified atom stereocenters. The summed E-state index contributed by atoms with van der Waals surface area (Å²) in [6, 6.07) is 45.5. The van der Waals surface area contributed by atoms with Crippen LogP contribution in [0.4, 0.5) is 5.69 Å². The Kier molecular flexibility index (Phi) is 6.33. The topological polar surface area (TPSA) is 59.0 Å². The largest absolute Gasteiger partial charge is 0.474 e. The summed E-state index contributed by atoms with van der Waals surface area (Å²) in [5, 5.41) is 2.74. The number of hydrogen-bond donors (Lipinski definition) is 0. The van der Waals surface area contributed by atoms with Gasteiger partial charge in [0.2, 0.25) is 0 Å². The second-order valence-electron chi connectivity index (χ2n) is 8.76. The number of fused-ring (bicyclic) bond motifs is 1. The van der Waals surface area contributed by atoms with Gasteiger partial charge in [-0.25, -0.2) is 9.24 Å². The van der Waals surface area contributed by atoms with E-state index in [0.717, 1.165) is 15.9 Å². The fourth-order valence-electron chi connectivity index (χ4n) is 4.71. The zero-order valence-electron chi connectivity index (χ0n) is 20.4. The quantitative estimate of drug-likeness (QED) is 0.228. The first-order chi connectivity index (χ1) is 18.6. The average Bonchev–Trinajstić information content (AvgIpc) is 2.98. The number of carbonyl (C=O) groups excluding carboxylic acids is 1. The van der Waals surface area contributed by atoms with Crippen molar-refractivity contribution in [2.45, 2.75) is 0 Å². The molecule has 0 spiro atoms. The molecule has 1 aliphatic heterocycles. The van der Waals surface area contributed by atoms with Crippen LogP contribution in [0.2, 0.25) is 0 Å². The summed E-state index contributed by atoms with van der Waals surface area (Å²) in [6.45, 7) is 0. The second kappa shape index (κ2) is 9.95. The smallest absolute Gasteiger partial charge is 0.412 e. The van der Waals surface area contributed by atoms with E-state index in [1.54, 1.807) is 48.5 Å². The van der Waals surface area contributed by atoms with Crippen LogP contribution in [0.5, 0.6) is 5.75 Å². The van der Waals surface area contributed by atoms with E-state index in [-0.39, 0.29) is 5.75 Å². The molecule has 186 valence electrons. The van der Waals surface area contributed by atoms with Gasteiger partial charge in [-0.1, -0.05) is 121 Å². The molecule has 0 radical (unpaired) electrons. The van der Waals surface area contributed by atoms with Gasteiger partial charge in [0.25, 0.3) is 5.91 Å². The number of benzene rings is 5. The molecule has 6 rings (SSSR count). The first kappa shape index (κ1) is 24.2. The van der Waals surface area contributed by atoms with Crippen LogP contribution in [0, 0.1) is 0 Å². The first-order valence-corrected chi connectivity index (χ1v) is 15.5. The molecule has 5 aromatic carbocycles. The molecule has 0 N–H and O–H groups in total. The van der Waals surface area contributed by atoms with Gasteiger partial charge in [0.15, 0.2) is 0 Å². The van der Waals surface area contributed by atoms with Crippen molar-refractivity contribution in [3.8, 4) is 5.75 Å².